The van der Waals surface area contributed by atoms with E-state index in [9.17, 15) is 9.59 Å². The van der Waals surface area contributed by atoms with Crippen molar-refractivity contribution in [3.63, 3.8) is 0 Å². The molecule has 0 saturated heterocycles. The van der Waals surface area contributed by atoms with Gasteiger partial charge < -0.3 is 14.5 Å². The second-order valence-electron chi connectivity index (χ2n) is 10.4. The number of hydrogen-bond donors (Lipinski definition) is 0. The average molecular weight is 519 g/mol. The Morgan fingerprint density at radius 3 is 1.95 bits per heavy atom. The molecule has 0 bridgehead atoms. The largest absolute Gasteiger partial charge is 0.476 e. The second-order valence-corrected chi connectivity index (χ2v) is 10.4. The third-order valence-corrected chi connectivity index (χ3v) is 7.11. The van der Waals surface area contributed by atoms with Gasteiger partial charge in [0, 0.05) is 25.2 Å². The summed E-state index contributed by atoms with van der Waals surface area (Å²) in [7, 11) is 0. The van der Waals surface area contributed by atoms with Crippen molar-refractivity contribution in [2.45, 2.75) is 38.8 Å². The summed E-state index contributed by atoms with van der Waals surface area (Å²) in [6, 6.07) is 35.8. The molecular formula is C34H34N2O3. The van der Waals surface area contributed by atoms with Crippen LogP contribution in [0.15, 0.2) is 109 Å². The van der Waals surface area contributed by atoms with Crippen LogP contribution in [0.4, 0.5) is 5.69 Å². The summed E-state index contributed by atoms with van der Waals surface area (Å²) in [6.07, 6.45) is 1.46. The maximum atomic E-state index is 13.9. The summed E-state index contributed by atoms with van der Waals surface area (Å²) in [5.41, 5.74) is 3.61. The molecule has 1 heterocycles. The van der Waals surface area contributed by atoms with Crippen molar-refractivity contribution >= 4 is 17.5 Å². The third-order valence-electron chi connectivity index (χ3n) is 7.11. The lowest BCUT2D eigenvalue weighted by molar-refractivity contribution is -0.132. The predicted molar refractivity (Wildman–Crippen MR) is 155 cm³/mol. The van der Waals surface area contributed by atoms with E-state index in [2.05, 4.69) is 24.3 Å². The smallest absolute Gasteiger partial charge is 0.270 e. The fourth-order valence-electron chi connectivity index (χ4n) is 4.96. The standard InChI is InChI=1S/C34H34N2O3/c1-34(2)33(38)36(23-21-27-14-8-4-9-15-27)30-24-29(18-19-31(30)39-34)32(37)35(25-28-16-10-5-11-17-28)22-20-26-12-6-3-7-13-26/h3-19,24H,20-23,25H2,1-2H3. The fraction of sp³-hybridized carbons (Fsp3) is 0.235. The first kappa shape index (κ1) is 26.2. The Hall–Kier alpha value is -4.38. The van der Waals surface area contributed by atoms with E-state index in [4.69, 9.17) is 4.74 Å². The summed E-state index contributed by atoms with van der Waals surface area (Å²) in [4.78, 5) is 31.0. The molecule has 5 nitrogen and oxygen atoms in total. The van der Waals surface area contributed by atoms with Crippen LogP contribution in [-0.2, 0) is 24.2 Å². The van der Waals surface area contributed by atoms with Gasteiger partial charge >= 0.3 is 0 Å². The number of carbonyl (C=O) groups excluding carboxylic acids is 2. The number of benzene rings is 4. The fourth-order valence-corrected chi connectivity index (χ4v) is 4.96. The number of ether oxygens (including phenoxy) is 1. The Balaban J connectivity index is 1.43. The van der Waals surface area contributed by atoms with Gasteiger partial charge in [-0.2, -0.15) is 0 Å². The lowest BCUT2D eigenvalue weighted by Crippen LogP contribution is -2.53. The third kappa shape index (κ3) is 6.20. The summed E-state index contributed by atoms with van der Waals surface area (Å²) < 4.78 is 6.09. The summed E-state index contributed by atoms with van der Waals surface area (Å²) in [5, 5.41) is 0. The molecule has 0 unspecified atom stereocenters. The van der Waals surface area contributed by atoms with Crippen molar-refractivity contribution in [1.29, 1.82) is 0 Å². The minimum Gasteiger partial charge on any atom is -0.476 e. The van der Waals surface area contributed by atoms with Crippen molar-refractivity contribution in [1.82, 2.24) is 4.90 Å². The van der Waals surface area contributed by atoms with Crippen LogP contribution in [0, 0.1) is 0 Å². The Morgan fingerprint density at radius 2 is 1.33 bits per heavy atom. The van der Waals surface area contributed by atoms with Crippen molar-refractivity contribution < 1.29 is 14.3 Å². The number of amides is 2. The highest BCUT2D eigenvalue weighted by Crippen LogP contribution is 2.39. The first-order valence-corrected chi connectivity index (χ1v) is 13.5. The lowest BCUT2D eigenvalue weighted by atomic mass is 10.0. The van der Waals surface area contributed by atoms with E-state index in [1.54, 1.807) is 18.7 Å². The quantitative estimate of drug-likeness (QED) is 0.261. The maximum Gasteiger partial charge on any atom is 0.270 e. The van der Waals surface area contributed by atoms with E-state index in [1.165, 1.54) is 5.56 Å². The lowest BCUT2D eigenvalue weighted by Gasteiger charge is -2.39. The highest BCUT2D eigenvalue weighted by Gasteiger charge is 2.41. The topological polar surface area (TPSA) is 49.9 Å². The molecule has 0 fully saturated rings. The molecule has 0 radical (unpaired) electrons. The van der Waals surface area contributed by atoms with Gasteiger partial charge in [-0.05, 0) is 61.6 Å². The van der Waals surface area contributed by atoms with Gasteiger partial charge in [-0.15, -0.1) is 0 Å². The highest BCUT2D eigenvalue weighted by atomic mass is 16.5. The minimum absolute atomic E-state index is 0.0714. The molecule has 0 N–H and O–H groups in total. The van der Waals surface area contributed by atoms with Crippen LogP contribution < -0.4 is 9.64 Å². The van der Waals surface area contributed by atoms with Gasteiger partial charge in [0.1, 0.15) is 5.75 Å². The van der Waals surface area contributed by atoms with Crippen LogP contribution >= 0.6 is 0 Å². The molecule has 5 heteroatoms. The van der Waals surface area contributed by atoms with E-state index < -0.39 is 5.60 Å². The zero-order valence-electron chi connectivity index (χ0n) is 22.5. The molecule has 2 amide bonds. The zero-order chi connectivity index (χ0) is 27.2. The van der Waals surface area contributed by atoms with Crippen molar-refractivity contribution in [3.8, 4) is 5.75 Å². The Kier molecular flexibility index (Phi) is 7.78. The molecule has 0 saturated carbocycles. The molecule has 0 aliphatic carbocycles. The Morgan fingerprint density at radius 1 is 0.769 bits per heavy atom. The molecule has 0 aromatic heterocycles. The molecule has 0 spiro atoms. The molecule has 1 aliphatic heterocycles. The minimum atomic E-state index is -0.982. The molecule has 4 aromatic rings. The molecule has 39 heavy (non-hydrogen) atoms. The number of carbonyl (C=O) groups is 2. The molecule has 1 aliphatic rings. The zero-order valence-corrected chi connectivity index (χ0v) is 22.5. The summed E-state index contributed by atoms with van der Waals surface area (Å²) >= 11 is 0. The van der Waals surface area contributed by atoms with Crippen LogP contribution in [0.2, 0.25) is 0 Å². The van der Waals surface area contributed by atoms with Gasteiger partial charge in [-0.25, -0.2) is 0 Å². The van der Waals surface area contributed by atoms with Crippen molar-refractivity contribution in [2.24, 2.45) is 0 Å². The van der Waals surface area contributed by atoms with E-state index >= 15 is 0 Å². The van der Waals surface area contributed by atoms with E-state index in [-0.39, 0.29) is 11.8 Å². The van der Waals surface area contributed by atoms with Gasteiger partial charge in [0.05, 0.1) is 5.69 Å². The normalized spacial score (nSPS) is 13.9. The summed E-state index contributed by atoms with van der Waals surface area (Å²) in [5.74, 6) is 0.432. The second kappa shape index (κ2) is 11.6. The number of anilines is 1. The number of hydrogen-bond acceptors (Lipinski definition) is 3. The first-order valence-electron chi connectivity index (χ1n) is 13.5. The molecule has 198 valence electrons. The van der Waals surface area contributed by atoms with Crippen LogP contribution in [0.25, 0.3) is 0 Å². The van der Waals surface area contributed by atoms with Crippen LogP contribution in [-0.4, -0.2) is 35.4 Å². The average Bonchev–Trinajstić information content (AvgIpc) is 2.96. The van der Waals surface area contributed by atoms with Crippen molar-refractivity contribution in [2.75, 3.05) is 18.0 Å². The number of rotatable bonds is 9. The van der Waals surface area contributed by atoms with E-state index in [0.717, 1.165) is 17.5 Å². The molecule has 0 atom stereocenters. The predicted octanol–water partition coefficient (Wildman–Crippen LogP) is 6.32. The van der Waals surface area contributed by atoms with E-state index in [0.29, 0.717) is 43.1 Å². The Labute approximate surface area is 230 Å². The monoisotopic (exact) mass is 518 g/mol. The van der Waals surface area contributed by atoms with Gasteiger partial charge in [0.25, 0.3) is 11.8 Å². The Bertz CT molecular complexity index is 1420. The van der Waals surface area contributed by atoms with Gasteiger partial charge in [0.2, 0.25) is 0 Å². The number of fused-ring (bicyclic) bond motifs is 1. The SMILES string of the molecule is CC1(C)Oc2ccc(C(=O)N(CCc3ccccc3)Cc3ccccc3)cc2N(CCc2ccccc2)C1=O. The van der Waals surface area contributed by atoms with Gasteiger partial charge in [-0.3, -0.25) is 9.59 Å². The molecule has 4 aromatic carbocycles. The molecular weight excluding hydrogens is 484 g/mol. The van der Waals surface area contributed by atoms with Crippen LogP contribution in [0.1, 0.15) is 40.9 Å². The van der Waals surface area contributed by atoms with Crippen LogP contribution in [0.5, 0.6) is 5.75 Å². The van der Waals surface area contributed by atoms with E-state index in [1.807, 2.05) is 89.8 Å². The highest BCUT2D eigenvalue weighted by molar-refractivity contribution is 6.04. The van der Waals surface area contributed by atoms with Gasteiger partial charge in [0.15, 0.2) is 5.60 Å². The van der Waals surface area contributed by atoms with Gasteiger partial charge in [-0.1, -0.05) is 91.0 Å². The van der Waals surface area contributed by atoms with Crippen LogP contribution in [0.3, 0.4) is 0 Å². The number of nitrogens with zero attached hydrogens (tertiary/aromatic N) is 2. The summed E-state index contributed by atoms with van der Waals surface area (Å²) in [6.45, 7) is 5.16. The van der Waals surface area contributed by atoms with Crippen molar-refractivity contribution in [3.05, 3.63) is 131 Å². The first-order chi connectivity index (χ1) is 18.9. The molecule has 5 rings (SSSR count). The maximum absolute atomic E-state index is 13.9.